The molecule has 5 aromatic heterocycles. The second-order valence-electron chi connectivity index (χ2n) is 9.32. The van der Waals surface area contributed by atoms with Crippen LogP contribution in [0, 0.1) is 0 Å². The zero-order valence-corrected chi connectivity index (χ0v) is 20.7. The number of piperidine rings is 1. The molecule has 1 saturated heterocycles. The molecule has 192 valence electrons. The maximum absolute atomic E-state index is 13.2. The fourth-order valence-corrected chi connectivity index (χ4v) is 4.93. The zero-order valence-electron chi connectivity index (χ0n) is 20.7. The Hall–Kier alpha value is -4.71. The van der Waals surface area contributed by atoms with Gasteiger partial charge in [-0.3, -0.25) is 19.3 Å². The van der Waals surface area contributed by atoms with Crippen LogP contribution in [0.2, 0.25) is 0 Å². The number of nitrogens with zero attached hydrogens (tertiary/aromatic N) is 8. The van der Waals surface area contributed by atoms with E-state index in [9.17, 15) is 14.7 Å². The minimum absolute atomic E-state index is 0.173. The number of aliphatic hydroxyl groups is 1. The number of aliphatic hydroxyl groups excluding tert-OH is 1. The Bertz CT molecular complexity index is 1760. The van der Waals surface area contributed by atoms with Crippen LogP contribution in [0.1, 0.15) is 25.8 Å². The van der Waals surface area contributed by atoms with Gasteiger partial charge in [-0.05, 0) is 38.0 Å². The Morgan fingerprint density at radius 1 is 1.13 bits per heavy atom. The van der Waals surface area contributed by atoms with Crippen LogP contribution in [0.5, 0.6) is 0 Å². The highest BCUT2D eigenvalue weighted by atomic mass is 16.3. The summed E-state index contributed by atoms with van der Waals surface area (Å²) in [6.07, 6.45) is 8.83. The van der Waals surface area contributed by atoms with Crippen molar-refractivity contribution in [3.05, 3.63) is 82.3 Å². The highest BCUT2D eigenvalue weighted by Gasteiger charge is 2.26. The van der Waals surface area contributed by atoms with E-state index < -0.39 is 17.4 Å². The first-order chi connectivity index (χ1) is 18.4. The van der Waals surface area contributed by atoms with Crippen LogP contribution in [0.15, 0.2) is 71.0 Å². The molecule has 1 aliphatic heterocycles. The number of fused-ring (bicyclic) bond motifs is 3. The van der Waals surface area contributed by atoms with Gasteiger partial charge in [-0.15, -0.1) is 0 Å². The minimum atomic E-state index is -0.640. The van der Waals surface area contributed by atoms with E-state index in [-0.39, 0.29) is 6.04 Å². The lowest BCUT2D eigenvalue weighted by Crippen LogP contribution is -2.40. The van der Waals surface area contributed by atoms with Gasteiger partial charge in [0.25, 0.3) is 5.56 Å². The number of hydrogen-bond acceptors (Lipinski definition) is 9. The summed E-state index contributed by atoms with van der Waals surface area (Å²) in [7, 11) is 0. The van der Waals surface area contributed by atoms with Crippen molar-refractivity contribution in [2.75, 3.05) is 13.1 Å². The van der Waals surface area contributed by atoms with Crippen molar-refractivity contribution < 1.29 is 5.11 Å². The van der Waals surface area contributed by atoms with Gasteiger partial charge in [0.05, 0.1) is 28.2 Å². The largest absolute Gasteiger partial charge is 0.387 e. The van der Waals surface area contributed by atoms with E-state index in [4.69, 9.17) is 4.98 Å². The van der Waals surface area contributed by atoms with E-state index >= 15 is 0 Å². The summed E-state index contributed by atoms with van der Waals surface area (Å²) in [6, 6.07) is 5.23. The van der Waals surface area contributed by atoms with Crippen molar-refractivity contribution in [2.24, 2.45) is 0 Å². The van der Waals surface area contributed by atoms with Crippen molar-refractivity contribution in [3.8, 4) is 17.2 Å². The molecule has 0 radical (unpaired) electrons. The fraction of sp³-hybridized carbons (Fsp3) is 0.269. The predicted molar refractivity (Wildman–Crippen MR) is 141 cm³/mol. The molecule has 38 heavy (non-hydrogen) atoms. The van der Waals surface area contributed by atoms with Crippen molar-refractivity contribution in [3.63, 3.8) is 0 Å². The molecule has 12 nitrogen and oxygen atoms in total. The monoisotopic (exact) mass is 511 g/mol. The molecular formula is C26H25N9O3. The van der Waals surface area contributed by atoms with Crippen molar-refractivity contribution in [1.82, 2.24) is 44.2 Å². The van der Waals surface area contributed by atoms with Crippen molar-refractivity contribution >= 4 is 21.9 Å². The number of aromatic nitrogens is 8. The highest BCUT2D eigenvalue weighted by molar-refractivity contribution is 6.01. The summed E-state index contributed by atoms with van der Waals surface area (Å²) >= 11 is 0. The van der Waals surface area contributed by atoms with E-state index in [0.717, 1.165) is 0 Å². The molecule has 1 atom stereocenters. The molecular weight excluding hydrogens is 486 g/mol. The molecule has 1 fully saturated rings. The van der Waals surface area contributed by atoms with Crippen LogP contribution in [-0.2, 0) is 0 Å². The van der Waals surface area contributed by atoms with Gasteiger partial charge in [-0.25, -0.2) is 24.4 Å². The standard InChI is InChI=1S/C26H25N9O3/c1-15(16(2)36)33-10-6-18(7-11-33)35-23-19(24(37)32-26(35)38)14-27-21-5-4-20(31-22(21)23)17-12-28-25(29-13-17)34-9-3-8-30-34/h3-5,8-9,12-14,16,18,36H,1,6-7,10-11H2,2H3,(H,32,37,38)/t16-/m1/s1. The Labute approximate surface area is 216 Å². The van der Waals surface area contributed by atoms with Crippen LogP contribution in [-0.4, -0.2) is 68.5 Å². The molecule has 6 heterocycles. The van der Waals surface area contributed by atoms with E-state index in [1.165, 1.54) is 6.20 Å². The molecule has 12 heteroatoms. The Morgan fingerprint density at radius 3 is 2.58 bits per heavy atom. The summed E-state index contributed by atoms with van der Waals surface area (Å²) in [5, 5.41) is 14.3. The van der Waals surface area contributed by atoms with Crippen LogP contribution in [0.4, 0.5) is 0 Å². The van der Waals surface area contributed by atoms with Crippen LogP contribution >= 0.6 is 0 Å². The Kier molecular flexibility index (Phi) is 5.80. The van der Waals surface area contributed by atoms with Crippen LogP contribution < -0.4 is 11.2 Å². The maximum Gasteiger partial charge on any atom is 0.329 e. The normalized spacial score (nSPS) is 15.3. The van der Waals surface area contributed by atoms with Gasteiger partial charge < -0.3 is 10.0 Å². The summed E-state index contributed by atoms with van der Waals surface area (Å²) in [4.78, 5) is 48.5. The van der Waals surface area contributed by atoms with E-state index in [1.54, 1.807) is 47.0 Å². The van der Waals surface area contributed by atoms with Crippen LogP contribution in [0.3, 0.4) is 0 Å². The lowest BCUT2D eigenvalue weighted by molar-refractivity contribution is 0.151. The fourth-order valence-electron chi connectivity index (χ4n) is 4.93. The van der Waals surface area contributed by atoms with E-state index in [1.807, 2.05) is 17.0 Å². The molecule has 0 aromatic carbocycles. The molecule has 1 aliphatic rings. The van der Waals surface area contributed by atoms with Gasteiger partial charge in [0, 0.05) is 61.4 Å². The molecule has 0 unspecified atom stereocenters. The molecule has 0 amide bonds. The Balaban J connectivity index is 1.45. The predicted octanol–water partition coefficient (Wildman–Crippen LogP) is 1.81. The molecule has 0 saturated carbocycles. The lowest BCUT2D eigenvalue weighted by atomic mass is 10.0. The zero-order chi connectivity index (χ0) is 26.4. The third kappa shape index (κ3) is 4.04. The quantitative estimate of drug-likeness (QED) is 0.337. The highest BCUT2D eigenvalue weighted by Crippen LogP contribution is 2.29. The van der Waals surface area contributed by atoms with Crippen molar-refractivity contribution in [2.45, 2.75) is 31.9 Å². The number of rotatable bonds is 5. The molecule has 0 bridgehead atoms. The third-order valence-electron chi connectivity index (χ3n) is 6.97. The second-order valence-corrected chi connectivity index (χ2v) is 9.32. The topological polar surface area (TPSA) is 148 Å². The lowest BCUT2D eigenvalue weighted by Gasteiger charge is -2.36. The molecule has 5 aromatic rings. The second kappa shape index (κ2) is 9.30. The molecule has 0 aliphatic carbocycles. The van der Waals surface area contributed by atoms with Crippen molar-refractivity contribution in [1.29, 1.82) is 0 Å². The van der Waals surface area contributed by atoms with Gasteiger partial charge >= 0.3 is 5.69 Å². The summed E-state index contributed by atoms with van der Waals surface area (Å²) < 4.78 is 3.19. The summed E-state index contributed by atoms with van der Waals surface area (Å²) in [6.45, 7) is 6.92. The van der Waals surface area contributed by atoms with Gasteiger partial charge in [-0.1, -0.05) is 6.58 Å². The first-order valence-corrected chi connectivity index (χ1v) is 12.3. The van der Waals surface area contributed by atoms with E-state index in [2.05, 4.69) is 31.6 Å². The maximum atomic E-state index is 13.2. The number of hydrogen-bond donors (Lipinski definition) is 2. The SMILES string of the molecule is C=C([C@@H](C)O)N1CCC(n2c(=O)[nH]c(=O)c3cnc4ccc(-c5cnc(-n6cccn6)nc5)nc4c32)CC1. The molecule has 6 rings (SSSR count). The first-order valence-electron chi connectivity index (χ1n) is 12.3. The van der Waals surface area contributed by atoms with Gasteiger partial charge in [-0.2, -0.15) is 5.10 Å². The number of nitrogens with one attached hydrogen (secondary N) is 1. The van der Waals surface area contributed by atoms with E-state index in [0.29, 0.717) is 70.8 Å². The number of pyridine rings is 2. The number of H-pyrrole nitrogens is 1. The summed E-state index contributed by atoms with van der Waals surface area (Å²) in [5.74, 6) is 0.427. The van der Waals surface area contributed by atoms with Gasteiger partial charge in [0.2, 0.25) is 5.95 Å². The Morgan fingerprint density at radius 2 is 1.89 bits per heavy atom. The molecule has 2 N–H and O–H groups in total. The average Bonchev–Trinajstić information content (AvgIpc) is 3.48. The third-order valence-corrected chi connectivity index (χ3v) is 6.97. The van der Waals surface area contributed by atoms with Gasteiger partial charge in [0.15, 0.2) is 0 Å². The first kappa shape index (κ1) is 23.7. The average molecular weight is 512 g/mol. The summed E-state index contributed by atoms with van der Waals surface area (Å²) in [5.41, 5.74) is 2.39. The number of likely N-dealkylation sites (tertiary alicyclic amines) is 1. The minimum Gasteiger partial charge on any atom is -0.387 e. The van der Waals surface area contributed by atoms with Gasteiger partial charge in [0.1, 0.15) is 5.52 Å². The molecule has 0 spiro atoms. The smallest absolute Gasteiger partial charge is 0.329 e. The van der Waals surface area contributed by atoms with Crippen LogP contribution in [0.25, 0.3) is 39.1 Å². The number of aromatic amines is 1.